The van der Waals surface area contributed by atoms with E-state index in [0.717, 1.165) is 62.6 Å². The van der Waals surface area contributed by atoms with E-state index in [1.54, 1.807) is 24.3 Å². The molecule has 0 radical (unpaired) electrons. The minimum absolute atomic E-state index is 0.219. The number of hydrogen-bond donors (Lipinski definition) is 1. The number of benzene rings is 4. The van der Waals surface area contributed by atoms with E-state index in [2.05, 4.69) is 60.2 Å². The number of anilines is 1. The number of hydrogen-bond acceptors (Lipinski definition) is 6. The van der Waals surface area contributed by atoms with Crippen molar-refractivity contribution in [2.75, 3.05) is 38.0 Å². The van der Waals surface area contributed by atoms with Gasteiger partial charge < -0.3 is 19.7 Å². The number of nitrogens with zero attached hydrogens (tertiary/aromatic N) is 2. The van der Waals surface area contributed by atoms with Crippen LogP contribution >= 0.6 is 0 Å². The van der Waals surface area contributed by atoms with Crippen molar-refractivity contribution in [2.45, 2.75) is 39.7 Å². The van der Waals surface area contributed by atoms with Gasteiger partial charge in [0.15, 0.2) is 5.75 Å². The lowest BCUT2D eigenvalue weighted by Crippen LogP contribution is -2.46. The van der Waals surface area contributed by atoms with Gasteiger partial charge in [0, 0.05) is 44.8 Å². The standard InChI is InChI=1S/C37H41N3O4/c1-27(2)34-24-35(38-37(42)30-13-15-33(16-14-30)44-32-7-5-4-6-8-32)36(43-26-41)23-31(34)25-40-21-19-39(20-22-40)18-17-29-11-9-28(3)10-12-29/h4-16,23-24,26-27H,17-22,25H2,1-3H3,(H,38,42). The molecule has 1 heterocycles. The maximum atomic E-state index is 13.2. The Morgan fingerprint density at radius 2 is 1.52 bits per heavy atom. The van der Waals surface area contributed by atoms with Gasteiger partial charge in [-0.05, 0) is 84.5 Å². The van der Waals surface area contributed by atoms with Crippen molar-refractivity contribution >= 4 is 18.1 Å². The second-order valence-electron chi connectivity index (χ2n) is 11.7. The molecule has 4 aromatic rings. The Hall–Kier alpha value is -4.46. The third-order valence-corrected chi connectivity index (χ3v) is 8.08. The number of carbonyl (C=O) groups is 2. The van der Waals surface area contributed by atoms with Gasteiger partial charge >= 0.3 is 0 Å². The molecule has 1 saturated heterocycles. The largest absolute Gasteiger partial charge is 0.457 e. The topological polar surface area (TPSA) is 71.1 Å². The molecule has 7 heteroatoms. The minimum Gasteiger partial charge on any atom is -0.457 e. The molecule has 0 spiro atoms. The Kier molecular flexibility index (Phi) is 10.4. The fourth-order valence-corrected chi connectivity index (χ4v) is 5.51. The molecule has 5 rings (SSSR count). The normalized spacial score (nSPS) is 13.9. The van der Waals surface area contributed by atoms with E-state index in [-0.39, 0.29) is 11.8 Å². The number of nitrogens with one attached hydrogen (secondary N) is 1. The number of amides is 1. The quantitative estimate of drug-likeness (QED) is 0.178. The number of aryl methyl sites for hydroxylation is 1. The van der Waals surface area contributed by atoms with Crippen molar-refractivity contribution in [1.82, 2.24) is 9.80 Å². The Bertz CT molecular complexity index is 1530. The zero-order valence-corrected chi connectivity index (χ0v) is 25.8. The summed E-state index contributed by atoms with van der Waals surface area (Å²) in [5.74, 6) is 1.62. The first-order valence-corrected chi connectivity index (χ1v) is 15.3. The highest BCUT2D eigenvalue weighted by Crippen LogP contribution is 2.34. The second kappa shape index (κ2) is 14.8. The molecule has 1 fully saturated rings. The number of para-hydroxylation sites is 1. The van der Waals surface area contributed by atoms with Crippen molar-refractivity contribution in [3.05, 3.63) is 119 Å². The molecule has 0 atom stereocenters. The maximum absolute atomic E-state index is 13.2. The molecule has 7 nitrogen and oxygen atoms in total. The van der Waals surface area contributed by atoms with Gasteiger partial charge in [0.1, 0.15) is 11.5 Å². The van der Waals surface area contributed by atoms with Crippen LogP contribution in [0.5, 0.6) is 17.2 Å². The Balaban J connectivity index is 1.22. The molecule has 1 amide bonds. The molecular weight excluding hydrogens is 550 g/mol. The molecular formula is C37H41N3O4. The summed E-state index contributed by atoms with van der Waals surface area (Å²) in [6.07, 6.45) is 1.06. The van der Waals surface area contributed by atoms with E-state index >= 15 is 0 Å². The lowest BCUT2D eigenvalue weighted by atomic mass is 9.95. The van der Waals surface area contributed by atoms with Crippen molar-refractivity contribution in [1.29, 1.82) is 0 Å². The van der Waals surface area contributed by atoms with Gasteiger partial charge in [-0.1, -0.05) is 61.9 Å². The lowest BCUT2D eigenvalue weighted by Gasteiger charge is -2.35. The molecule has 0 aliphatic carbocycles. The molecule has 228 valence electrons. The molecule has 0 saturated carbocycles. The Morgan fingerprint density at radius 3 is 2.18 bits per heavy atom. The summed E-state index contributed by atoms with van der Waals surface area (Å²) in [5.41, 5.74) is 5.83. The van der Waals surface area contributed by atoms with Crippen molar-refractivity contribution in [2.24, 2.45) is 0 Å². The predicted octanol–water partition coefficient (Wildman–Crippen LogP) is 7.06. The van der Waals surface area contributed by atoms with Crippen LogP contribution in [0.15, 0.2) is 91.0 Å². The van der Waals surface area contributed by atoms with Gasteiger partial charge in [0.25, 0.3) is 12.4 Å². The van der Waals surface area contributed by atoms with Crippen LogP contribution in [0.1, 0.15) is 52.4 Å². The second-order valence-corrected chi connectivity index (χ2v) is 11.7. The molecule has 44 heavy (non-hydrogen) atoms. The van der Waals surface area contributed by atoms with Gasteiger partial charge in [-0.15, -0.1) is 0 Å². The highest BCUT2D eigenvalue weighted by molar-refractivity contribution is 6.05. The lowest BCUT2D eigenvalue weighted by molar-refractivity contribution is -0.120. The van der Waals surface area contributed by atoms with E-state index in [9.17, 15) is 9.59 Å². The molecule has 0 aromatic heterocycles. The Morgan fingerprint density at radius 1 is 0.864 bits per heavy atom. The molecule has 1 aliphatic rings. The van der Waals surface area contributed by atoms with Gasteiger partial charge in [-0.3, -0.25) is 14.5 Å². The average molecular weight is 592 g/mol. The van der Waals surface area contributed by atoms with Crippen LogP contribution in [0.2, 0.25) is 0 Å². The van der Waals surface area contributed by atoms with E-state index in [1.807, 2.05) is 42.5 Å². The average Bonchev–Trinajstić information content (AvgIpc) is 3.03. The minimum atomic E-state index is -0.295. The first-order chi connectivity index (χ1) is 21.4. The van der Waals surface area contributed by atoms with Crippen LogP contribution < -0.4 is 14.8 Å². The van der Waals surface area contributed by atoms with Crippen LogP contribution in [0.25, 0.3) is 0 Å². The fourth-order valence-electron chi connectivity index (χ4n) is 5.51. The third-order valence-electron chi connectivity index (χ3n) is 8.08. The fraction of sp³-hybridized carbons (Fsp3) is 0.297. The summed E-state index contributed by atoms with van der Waals surface area (Å²) >= 11 is 0. The summed E-state index contributed by atoms with van der Waals surface area (Å²) < 4.78 is 11.2. The van der Waals surface area contributed by atoms with E-state index in [4.69, 9.17) is 9.47 Å². The van der Waals surface area contributed by atoms with Crippen LogP contribution in [0.4, 0.5) is 5.69 Å². The maximum Gasteiger partial charge on any atom is 0.298 e. The van der Waals surface area contributed by atoms with Gasteiger partial charge in [0.2, 0.25) is 0 Å². The van der Waals surface area contributed by atoms with Crippen LogP contribution in [0, 0.1) is 6.92 Å². The zero-order valence-electron chi connectivity index (χ0n) is 25.8. The van der Waals surface area contributed by atoms with Gasteiger partial charge in [-0.2, -0.15) is 0 Å². The molecule has 4 aromatic carbocycles. The highest BCUT2D eigenvalue weighted by Gasteiger charge is 2.21. The van der Waals surface area contributed by atoms with Gasteiger partial charge in [0.05, 0.1) is 5.69 Å². The van der Waals surface area contributed by atoms with Crippen molar-refractivity contribution in [3.8, 4) is 17.2 Å². The Labute approximate surface area is 260 Å². The summed E-state index contributed by atoms with van der Waals surface area (Å²) in [6.45, 7) is 12.6. The molecule has 1 N–H and O–H groups in total. The highest BCUT2D eigenvalue weighted by atomic mass is 16.5. The van der Waals surface area contributed by atoms with Crippen LogP contribution in [0.3, 0.4) is 0 Å². The molecule has 0 unspecified atom stereocenters. The zero-order chi connectivity index (χ0) is 30.9. The number of rotatable bonds is 12. The van der Waals surface area contributed by atoms with Crippen molar-refractivity contribution < 1.29 is 19.1 Å². The summed E-state index contributed by atoms with van der Waals surface area (Å²) in [7, 11) is 0. The van der Waals surface area contributed by atoms with Crippen LogP contribution in [-0.2, 0) is 17.8 Å². The first kappa shape index (κ1) is 31.0. The monoisotopic (exact) mass is 591 g/mol. The predicted molar refractivity (Wildman–Crippen MR) is 175 cm³/mol. The summed E-state index contributed by atoms with van der Waals surface area (Å²) in [4.78, 5) is 29.6. The first-order valence-electron chi connectivity index (χ1n) is 15.3. The summed E-state index contributed by atoms with van der Waals surface area (Å²) in [6, 6.07) is 29.1. The van der Waals surface area contributed by atoms with E-state index in [0.29, 0.717) is 29.2 Å². The number of carbonyl (C=O) groups excluding carboxylic acids is 2. The smallest absolute Gasteiger partial charge is 0.298 e. The summed E-state index contributed by atoms with van der Waals surface area (Å²) in [5, 5.41) is 2.96. The van der Waals surface area contributed by atoms with Crippen LogP contribution in [-0.4, -0.2) is 54.9 Å². The third kappa shape index (κ3) is 8.34. The SMILES string of the molecule is Cc1ccc(CCN2CCN(Cc3cc(OC=O)c(NC(=O)c4ccc(Oc5ccccc5)cc4)cc3C(C)C)CC2)cc1. The number of ether oxygens (including phenoxy) is 2. The van der Waals surface area contributed by atoms with Gasteiger partial charge in [-0.25, -0.2) is 0 Å². The van der Waals surface area contributed by atoms with E-state index < -0.39 is 0 Å². The molecule has 0 bridgehead atoms. The molecule has 1 aliphatic heterocycles. The van der Waals surface area contributed by atoms with Crippen molar-refractivity contribution in [3.63, 3.8) is 0 Å². The number of piperazine rings is 1. The van der Waals surface area contributed by atoms with E-state index in [1.165, 1.54) is 11.1 Å².